The summed E-state index contributed by atoms with van der Waals surface area (Å²) in [5.74, 6) is -0.163. The number of benzene rings is 1. The molecular formula is C16H19N3O5S. The Morgan fingerprint density at radius 1 is 1.20 bits per heavy atom. The van der Waals surface area contributed by atoms with Crippen LogP contribution in [0.25, 0.3) is 0 Å². The molecule has 2 aromatic rings. The molecular weight excluding hydrogens is 346 g/mol. The van der Waals surface area contributed by atoms with Crippen molar-refractivity contribution in [1.29, 1.82) is 0 Å². The zero-order chi connectivity index (χ0) is 18.4. The highest BCUT2D eigenvalue weighted by molar-refractivity contribution is 7.92. The van der Waals surface area contributed by atoms with Gasteiger partial charge in [-0.1, -0.05) is 12.1 Å². The molecule has 2 rings (SSSR count). The molecule has 0 spiro atoms. The maximum atomic E-state index is 12.6. The Kier molecular flexibility index (Phi) is 5.92. The Bertz CT molecular complexity index is 868. The molecule has 0 fully saturated rings. The van der Waals surface area contributed by atoms with Crippen LogP contribution in [0, 0.1) is 0 Å². The molecule has 0 aliphatic rings. The van der Waals surface area contributed by atoms with Gasteiger partial charge in [0.2, 0.25) is 5.88 Å². The number of aromatic nitrogens is 2. The second kappa shape index (κ2) is 7.93. The number of sulfonamides is 1. The predicted molar refractivity (Wildman–Crippen MR) is 91.6 cm³/mol. The second-order valence-electron chi connectivity index (χ2n) is 4.93. The van der Waals surface area contributed by atoms with Gasteiger partial charge >= 0.3 is 6.01 Å². The van der Waals surface area contributed by atoms with Gasteiger partial charge in [0.05, 0.1) is 24.3 Å². The molecule has 0 unspecified atom stereocenters. The predicted octanol–water partition coefficient (Wildman–Crippen LogP) is 2.28. The van der Waals surface area contributed by atoms with Gasteiger partial charge in [0.25, 0.3) is 10.0 Å². The molecule has 0 atom stereocenters. The van der Waals surface area contributed by atoms with Gasteiger partial charge in [-0.15, -0.1) is 0 Å². The number of carbonyl (C=O) groups excluding carboxylic acids is 1. The number of Topliss-reactive ketones (excluding diaryl/α,β-unsaturated/α-hetero) is 1. The van der Waals surface area contributed by atoms with E-state index in [9.17, 15) is 13.2 Å². The van der Waals surface area contributed by atoms with E-state index in [1.165, 1.54) is 31.3 Å². The molecule has 0 amide bonds. The average molecular weight is 365 g/mol. The van der Waals surface area contributed by atoms with Gasteiger partial charge in [0, 0.05) is 5.56 Å². The second-order valence-corrected chi connectivity index (χ2v) is 6.61. The Hall–Kier alpha value is -2.68. The van der Waals surface area contributed by atoms with Gasteiger partial charge in [0.1, 0.15) is 5.69 Å². The van der Waals surface area contributed by atoms with Gasteiger partial charge < -0.3 is 9.47 Å². The molecule has 8 nitrogen and oxygen atoms in total. The first-order chi connectivity index (χ1) is 11.9. The first kappa shape index (κ1) is 18.7. The van der Waals surface area contributed by atoms with Gasteiger partial charge in [0.15, 0.2) is 5.78 Å². The Balaban J connectivity index is 2.36. The van der Waals surface area contributed by atoms with Crippen molar-refractivity contribution in [2.45, 2.75) is 25.7 Å². The van der Waals surface area contributed by atoms with Crippen LogP contribution in [-0.2, 0) is 10.0 Å². The maximum absolute atomic E-state index is 12.6. The lowest BCUT2D eigenvalue weighted by Gasteiger charge is -2.13. The number of carbonyl (C=O) groups is 1. The third-order valence-corrected chi connectivity index (χ3v) is 4.44. The molecule has 1 aromatic carbocycles. The smallest absolute Gasteiger partial charge is 0.319 e. The van der Waals surface area contributed by atoms with Crippen LogP contribution in [0.2, 0.25) is 0 Å². The van der Waals surface area contributed by atoms with Crippen molar-refractivity contribution < 1.29 is 22.7 Å². The molecule has 0 aliphatic carbocycles. The molecule has 1 aromatic heterocycles. The van der Waals surface area contributed by atoms with E-state index in [4.69, 9.17) is 9.47 Å². The van der Waals surface area contributed by atoms with Crippen LogP contribution in [0.4, 0.5) is 5.69 Å². The number of anilines is 1. The van der Waals surface area contributed by atoms with E-state index in [2.05, 4.69) is 14.7 Å². The quantitative estimate of drug-likeness (QED) is 0.715. The molecule has 1 N–H and O–H groups in total. The van der Waals surface area contributed by atoms with Crippen molar-refractivity contribution in [3.63, 3.8) is 0 Å². The summed E-state index contributed by atoms with van der Waals surface area (Å²) in [6.45, 7) is 5.55. The molecule has 134 valence electrons. The summed E-state index contributed by atoms with van der Waals surface area (Å²) in [4.78, 5) is 19.4. The summed E-state index contributed by atoms with van der Waals surface area (Å²) in [6.07, 6.45) is 1.27. The summed E-state index contributed by atoms with van der Waals surface area (Å²) in [5, 5.41) is 0. The highest BCUT2D eigenvalue weighted by Crippen LogP contribution is 2.26. The first-order valence-electron chi connectivity index (χ1n) is 7.63. The number of ketones is 1. The van der Waals surface area contributed by atoms with Gasteiger partial charge in [-0.2, -0.15) is 4.98 Å². The van der Waals surface area contributed by atoms with Crippen molar-refractivity contribution in [2.24, 2.45) is 0 Å². The molecule has 0 radical (unpaired) electrons. The van der Waals surface area contributed by atoms with Crippen molar-refractivity contribution >= 4 is 21.5 Å². The fourth-order valence-corrected chi connectivity index (χ4v) is 3.04. The lowest BCUT2D eigenvalue weighted by molar-refractivity contribution is 0.101. The highest BCUT2D eigenvalue weighted by Gasteiger charge is 2.19. The third-order valence-electron chi connectivity index (χ3n) is 3.08. The number of hydrogen-bond acceptors (Lipinski definition) is 7. The summed E-state index contributed by atoms with van der Waals surface area (Å²) in [6, 6.07) is 5.84. The van der Waals surface area contributed by atoms with Crippen molar-refractivity contribution in [3.05, 3.63) is 36.0 Å². The van der Waals surface area contributed by atoms with E-state index in [0.29, 0.717) is 12.2 Å². The zero-order valence-electron chi connectivity index (χ0n) is 14.1. The topological polar surface area (TPSA) is 107 Å². The minimum absolute atomic E-state index is 0.0449. The van der Waals surface area contributed by atoms with Crippen LogP contribution < -0.4 is 14.2 Å². The van der Waals surface area contributed by atoms with E-state index < -0.39 is 10.0 Å². The average Bonchev–Trinajstić information content (AvgIpc) is 2.57. The molecule has 0 aliphatic heterocycles. The number of ether oxygens (including phenoxy) is 2. The van der Waals surface area contributed by atoms with E-state index >= 15 is 0 Å². The minimum Gasteiger partial charge on any atom is -0.476 e. The molecule has 25 heavy (non-hydrogen) atoms. The number of nitrogens with one attached hydrogen (secondary N) is 1. The van der Waals surface area contributed by atoms with Crippen LogP contribution >= 0.6 is 0 Å². The van der Waals surface area contributed by atoms with Crippen LogP contribution in [0.5, 0.6) is 11.9 Å². The Morgan fingerprint density at radius 2 is 1.92 bits per heavy atom. The zero-order valence-corrected chi connectivity index (χ0v) is 15.0. The van der Waals surface area contributed by atoms with Crippen LogP contribution in [0.15, 0.2) is 35.4 Å². The maximum Gasteiger partial charge on any atom is 0.319 e. The van der Waals surface area contributed by atoms with E-state index in [1.54, 1.807) is 19.9 Å². The molecule has 1 heterocycles. The lowest BCUT2D eigenvalue weighted by Crippen LogP contribution is -2.15. The monoisotopic (exact) mass is 365 g/mol. The van der Waals surface area contributed by atoms with E-state index in [1.807, 2.05) is 0 Å². The summed E-state index contributed by atoms with van der Waals surface area (Å²) in [5.41, 5.74) is 0.384. The van der Waals surface area contributed by atoms with Crippen LogP contribution in [0.3, 0.4) is 0 Å². The molecule has 9 heteroatoms. The number of rotatable bonds is 8. The first-order valence-corrected chi connectivity index (χ1v) is 9.12. The van der Waals surface area contributed by atoms with E-state index in [0.717, 1.165) is 0 Å². The molecule has 0 bridgehead atoms. The van der Waals surface area contributed by atoms with Gasteiger partial charge in [-0.25, -0.2) is 13.4 Å². The Morgan fingerprint density at radius 3 is 2.56 bits per heavy atom. The highest BCUT2D eigenvalue weighted by atomic mass is 32.2. The fourth-order valence-electron chi connectivity index (χ4n) is 1.95. The standard InChI is InChI=1S/C16H19N3O5S/c1-4-23-15-14(10-17-16(18-15)24-5-2)19-25(21,22)13-8-6-7-12(9-13)11(3)20/h6-10,19H,4-5H2,1-3H3. The molecule has 0 saturated heterocycles. The van der Waals surface area contributed by atoms with Crippen LogP contribution in [0.1, 0.15) is 31.1 Å². The van der Waals surface area contributed by atoms with Crippen LogP contribution in [-0.4, -0.2) is 37.4 Å². The van der Waals surface area contributed by atoms with E-state index in [-0.39, 0.29) is 34.9 Å². The van der Waals surface area contributed by atoms with Gasteiger partial charge in [-0.3, -0.25) is 9.52 Å². The summed E-state index contributed by atoms with van der Waals surface area (Å²) < 4.78 is 38.1. The van der Waals surface area contributed by atoms with Crippen molar-refractivity contribution in [2.75, 3.05) is 17.9 Å². The summed E-state index contributed by atoms with van der Waals surface area (Å²) >= 11 is 0. The largest absolute Gasteiger partial charge is 0.476 e. The lowest BCUT2D eigenvalue weighted by atomic mass is 10.2. The van der Waals surface area contributed by atoms with Crippen molar-refractivity contribution in [1.82, 2.24) is 9.97 Å². The van der Waals surface area contributed by atoms with Crippen molar-refractivity contribution in [3.8, 4) is 11.9 Å². The SMILES string of the molecule is CCOc1ncc(NS(=O)(=O)c2cccc(C(C)=O)c2)c(OCC)n1. The third kappa shape index (κ3) is 4.66. The summed E-state index contributed by atoms with van der Waals surface area (Å²) in [7, 11) is -3.94. The number of hydrogen-bond donors (Lipinski definition) is 1. The number of nitrogens with zero attached hydrogens (tertiary/aromatic N) is 2. The van der Waals surface area contributed by atoms with Gasteiger partial charge in [-0.05, 0) is 32.9 Å². The minimum atomic E-state index is -3.94. The Labute approximate surface area is 146 Å². The normalized spacial score (nSPS) is 11.0. The fraction of sp³-hybridized carbons (Fsp3) is 0.312. The molecule has 0 saturated carbocycles.